The van der Waals surface area contributed by atoms with E-state index < -0.39 is 18.0 Å². The number of halogens is 5. The molecule has 0 fully saturated rings. The number of aromatic nitrogens is 9. The van der Waals surface area contributed by atoms with Crippen LogP contribution in [-0.4, -0.2) is 212 Å². The molecule has 36 heteroatoms. The number of nitrogens with one attached hydrogen (secondary N) is 7. The molecule has 0 radical (unpaired) electrons. The van der Waals surface area contributed by atoms with Gasteiger partial charge in [0.2, 0.25) is 17.8 Å². The number of ether oxygens (including phenoxy) is 7. The lowest BCUT2D eigenvalue weighted by Crippen LogP contribution is -2.43. The van der Waals surface area contributed by atoms with Gasteiger partial charge in [-0.05, 0) is 296 Å². The third-order valence-electron chi connectivity index (χ3n) is 27.9. The smallest absolute Gasteiger partial charge is 0.416 e. The van der Waals surface area contributed by atoms with Gasteiger partial charge in [0, 0.05) is 202 Å². The summed E-state index contributed by atoms with van der Waals surface area (Å²) in [7, 11) is 9.24. The number of methoxy groups -OCH3 is 1. The Hall–Kier alpha value is -14.6. The number of anilines is 2. The maximum Gasteiger partial charge on any atom is 0.416 e. The van der Waals surface area contributed by atoms with Crippen molar-refractivity contribution in [2.75, 3.05) is 112 Å². The van der Waals surface area contributed by atoms with Crippen molar-refractivity contribution in [1.29, 1.82) is 0 Å². The number of allylic oxidation sites excluding steroid dienone is 2. The lowest BCUT2D eigenvalue weighted by atomic mass is 9.82. The largest absolute Gasteiger partial charge is 0.497 e. The van der Waals surface area contributed by atoms with E-state index in [9.17, 15) is 28.8 Å². The zero-order chi connectivity index (χ0) is 105. The van der Waals surface area contributed by atoms with E-state index in [-0.39, 0.29) is 48.5 Å². The molecular formula is C114H117Br2Cl3N18O13. The Kier molecular flexibility index (Phi) is 33.3. The van der Waals surface area contributed by atoms with Gasteiger partial charge >= 0.3 is 30.5 Å². The van der Waals surface area contributed by atoms with Crippen LogP contribution in [0, 0.1) is 12.8 Å². The van der Waals surface area contributed by atoms with E-state index in [4.69, 9.17) is 73.7 Å². The van der Waals surface area contributed by atoms with Gasteiger partial charge in [0.1, 0.15) is 47.2 Å². The van der Waals surface area contributed by atoms with Gasteiger partial charge in [0.05, 0.1) is 39.6 Å². The molecule has 31 nitrogen and oxygen atoms in total. The monoisotopic (exact) mass is 2210 g/mol. The van der Waals surface area contributed by atoms with Gasteiger partial charge in [-0.2, -0.15) is 0 Å². The summed E-state index contributed by atoms with van der Waals surface area (Å²) in [6.07, 6.45) is 17.5. The first kappa shape index (κ1) is 105. The molecule has 9 aromatic carbocycles. The van der Waals surface area contributed by atoms with Crippen molar-refractivity contribution >= 4 is 169 Å². The predicted molar refractivity (Wildman–Crippen MR) is 591 cm³/mol. The van der Waals surface area contributed by atoms with E-state index in [0.29, 0.717) is 123 Å². The van der Waals surface area contributed by atoms with Gasteiger partial charge in [0.25, 0.3) is 0 Å². The molecule has 6 amide bonds. The highest BCUT2D eigenvalue weighted by Crippen LogP contribution is 2.48. The Morgan fingerprint density at radius 3 is 1.15 bits per heavy atom. The number of nitrogens with two attached hydrogens (primary N) is 1. The van der Waals surface area contributed by atoms with Crippen molar-refractivity contribution in [3.63, 3.8) is 0 Å². The number of hydrogen-bond donors (Lipinski definition) is 8. The Balaban J connectivity index is 0.000000123. The number of aryl methyl sites for hydroxylation is 1. The molecule has 6 aliphatic rings. The second-order valence-electron chi connectivity index (χ2n) is 37.4. The SMILES string of the molecule is CCOC(=O)N1CCc2c([nH]c3ccc(Br)cc23)C1c1ccc(C(N)=O)cc1.CCOC(=O)N1CCc2c([nH]c3ccc(Cl)cc23)C1C1CC=CCC1.CCOC(=O)N1CCc2c([nH]c3ccc(Cl)cc23)C1c1cnc(NC)nc1.CNc1ncc(C2c3[nH]c4ccc(Br)cc4c3CCN2C(=O)Oc2ccc(OC)cc2)cn1.Cc1ccc(OC(=O)N2CCc3c([nH]c4ccc(Cl)cc34)C2c2ccc(OCCCN(C)C)cc2)cc1. The van der Waals surface area contributed by atoms with E-state index in [1.165, 1.54) is 27.6 Å². The predicted octanol–water partition coefficient (Wildman–Crippen LogP) is 24.6. The summed E-state index contributed by atoms with van der Waals surface area (Å²) < 4.78 is 40.6. The summed E-state index contributed by atoms with van der Waals surface area (Å²) in [6, 6.07) is 58.1. The van der Waals surface area contributed by atoms with Gasteiger partial charge < -0.3 is 79.3 Å². The summed E-state index contributed by atoms with van der Waals surface area (Å²) in [5, 5.41) is 13.6. The fourth-order valence-corrected chi connectivity index (χ4v) is 22.1. The zero-order valence-electron chi connectivity index (χ0n) is 84.5. The molecule has 16 aromatic rings. The third kappa shape index (κ3) is 23.2. The van der Waals surface area contributed by atoms with Crippen LogP contribution in [0.15, 0.2) is 234 Å². The van der Waals surface area contributed by atoms with Gasteiger partial charge in [-0.3, -0.25) is 29.3 Å². The molecule has 0 saturated heterocycles. The zero-order valence-corrected chi connectivity index (χ0v) is 89.9. The number of fused-ring (bicyclic) bond motifs is 15. The lowest BCUT2D eigenvalue weighted by molar-refractivity contribution is 0.0675. The van der Waals surface area contributed by atoms with Gasteiger partial charge in [-0.1, -0.05) is 121 Å². The van der Waals surface area contributed by atoms with Crippen molar-refractivity contribution in [3.05, 3.63) is 339 Å². The molecule has 12 heterocycles. The Morgan fingerprint density at radius 2 is 0.773 bits per heavy atom. The van der Waals surface area contributed by atoms with Crippen LogP contribution in [0.25, 0.3) is 54.5 Å². The molecule has 9 N–H and O–H groups in total. The number of aromatic amines is 5. The Bertz CT molecular complexity index is 7610. The minimum atomic E-state index is -0.478. The molecule has 5 aliphatic heterocycles. The van der Waals surface area contributed by atoms with Crippen molar-refractivity contribution in [1.82, 2.24) is 74.3 Å². The third-order valence-corrected chi connectivity index (χ3v) is 29.6. The molecule has 0 bridgehead atoms. The van der Waals surface area contributed by atoms with Gasteiger partial charge in [-0.15, -0.1) is 0 Å². The summed E-state index contributed by atoms with van der Waals surface area (Å²) in [4.78, 5) is 122. The Morgan fingerprint density at radius 1 is 0.427 bits per heavy atom. The summed E-state index contributed by atoms with van der Waals surface area (Å²) in [5.74, 6) is 3.48. The molecular weight excluding hydrogens is 2100 g/mol. The number of H-pyrrole nitrogens is 5. The molecule has 0 spiro atoms. The van der Waals surface area contributed by atoms with Gasteiger partial charge in [0.15, 0.2) is 0 Å². The average Bonchev–Trinajstić information content (AvgIpc) is 1.74. The first-order valence-electron chi connectivity index (χ1n) is 50.2. The van der Waals surface area contributed by atoms with Crippen molar-refractivity contribution in [2.45, 2.75) is 116 Å². The van der Waals surface area contributed by atoms with Crippen LogP contribution in [0.5, 0.6) is 23.0 Å². The highest BCUT2D eigenvalue weighted by atomic mass is 79.9. The number of amides is 6. The first-order valence-corrected chi connectivity index (χ1v) is 52.9. The fraction of sp³-hybridized carbons (Fsp3) is 0.298. The maximum atomic E-state index is 13.5. The van der Waals surface area contributed by atoms with E-state index in [1.807, 2.05) is 158 Å². The highest BCUT2D eigenvalue weighted by molar-refractivity contribution is 9.10. The number of rotatable bonds is 19. The average molecular weight is 2210 g/mol. The highest BCUT2D eigenvalue weighted by Gasteiger charge is 2.44. The van der Waals surface area contributed by atoms with Crippen LogP contribution >= 0.6 is 66.7 Å². The van der Waals surface area contributed by atoms with Gasteiger partial charge in [-0.25, -0.2) is 43.9 Å². The number of carbonyl (C=O) groups excluding carboxylic acids is 6. The number of hydrogen-bond acceptors (Lipinski definition) is 20. The van der Waals surface area contributed by atoms with Crippen molar-refractivity contribution in [3.8, 4) is 23.0 Å². The molecule has 0 saturated carbocycles. The number of carbonyl (C=O) groups is 6. The van der Waals surface area contributed by atoms with Crippen molar-refractivity contribution in [2.24, 2.45) is 11.7 Å². The molecule has 1 aliphatic carbocycles. The molecule has 22 rings (SSSR count). The summed E-state index contributed by atoms with van der Waals surface area (Å²) >= 11 is 25.8. The molecule has 6 unspecified atom stereocenters. The lowest BCUT2D eigenvalue weighted by Gasteiger charge is -2.40. The maximum absolute atomic E-state index is 13.5. The Labute approximate surface area is 899 Å². The molecule has 6 atom stereocenters. The minimum absolute atomic E-state index is 0.0407. The van der Waals surface area contributed by atoms with Crippen molar-refractivity contribution < 1.29 is 61.9 Å². The van der Waals surface area contributed by atoms with E-state index in [2.05, 4.69) is 131 Å². The van der Waals surface area contributed by atoms with Crippen LogP contribution in [0.4, 0.5) is 35.9 Å². The van der Waals surface area contributed by atoms with E-state index >= 15 is 0 Å². The first-order chi connectivity index (χ1) is 72.7. The fourth-order valence-electron chi connectivity index (χ4n) is 20.9. The second-order valence-corrected chi connectivity index (χ2v) is 40.6. The van der Waals surface area contributed by atoms with Crippen LogP contribution in [0.2, 0.25) is 15.1 Å². The number of benzene rings is 9. The number of nitrogens with zero attached hydrogens (tertiary/aromatic N) is 10. The molecule has 776 valence electrons. The van der Waals surface area contributed by atoms with Crippen LogP contribution in [0.1, 0.15) is 171 Å². The topological polar surface area (TPSA) is 367 Å². The van der Waals surface area contributed by atoms with Crippen LogP contribution in [-0.2, 0) is 46.3 Å². The molecule has 150 heavy (non-hydrogen) atoms. The standard InChI is InChI=1S/C30H32ClN3O3.C24H22BrN5O3.C21H20BrN3O3.C20H23ClN2O2.C19H20ClN5O2/c1-20-5-10-24(11-6-20)37-30(35)34-17-15-25-26-19-22(31)9-14-27(26)32-28(25)29(34)21-7-12-23(13-8-21)36-18-4-16-33(2)3;1-26-23-27-12-14(13-28-23)22-21-18(19-11-15(25)3-8-20(19)29-21)9-10-30(22)24(31)33-17-6-4-16(32-2)5-7-17;1-2-28-21(27)25-10-9-15-16-11-14(22)7-8-17(16)24-18(15)19(25)12-3-5-13(6-4-12)20(23)26;1-2-25-20(24)23-11-10-15-16-12-14(21)8-9-17(16)22-18(15)19(23)13-6-4-3-5-7-13;1-3-27-19(26)25-7-6-13-14-8-12(20)4-5-15(14)24-16(13)17(25)11-9-22-18(21-2)23-10-11/h5-14,19,29,32H,4,15-18H2,1-3H3;3-8,11-13,22,29H,9-10H2,1-2H3,(H,26,27,28);3-8,11,19,24H,2,9-10H2,1H3,(H2,23,26);3-4,8-9,12-13,19,22H,2,5-7,10-11H2,1H3;4-5,8-10,17,24H,3,6-7H2,1-2H3,(H,21,22,23). The van der Waals surface area contributed by atoms with E-state index in [0.717, 1.165) is 182 Å². The summed E-state index contributed by atoms with van der Waals surface area (Å²) in [5.41, 5.74) is 26.6. The van der Waals surface area contributed by atoms with E-state index in [1.54, 1.807) is 116 Å². The number of primary amides is 1. The summed E-state index contributed by atoms with van der Waals surface area (Å²) in [6.45, 7) is 13.0. The molecule has 7 aromatic heterocycles. The van der Waals surface area contributed by atoms with Crippen LogP contribution in [0.3, 0.4) is 0 Å². The second kappa shape index (κ2) is 47.5. The normalized spacial score (nSPS) is 16.8. The minimum Gasteiger partial charge on any atom is -0.497 e. The quantitative estimate of drug-likeness (QED) is 0.0212. The van der Waals surface area contributed by atoms with Crippen LogP contribution < -0.4 is 35.3 Å².